The first kappa shape index (κ1) is 18.9. The molecule has 5 nitrogen and oxygen atoms in total. The van der Waals surface area contributed by atoms with Gasteiger partial charge in [-0.25, -0.2) is 4.39 Å². The van der Waals surface area contributed by atoms with Crippen LogP contribution in [0.1, 0.15) is 37.6 Å². The summed E-state index contributed by atoms with van der Waals surface area (Å²) in [5.41, 5.74) is 0.398. The van der Waals surface area contributed by atoms with Gasteiger partial charge in [0.1, 0.15) is 18.2 Å². The molecule has 0 aliphatic carbocycles. The minimum atomic E-state index is -0.648. The molecule has 0 atom stereocenters. The molecule has 1 N–H and O–H groups in total. The van der Waals surface area contributed by atoms with Gasteiger partial charge in [0.25, 0.3) is 5.91 Å². The van der Waals surface area contributed by atoms with Crippen LogP contribution in [0.15, 0.2) is 42.5 Å². The Labute approximate surface area is 158 Å². The first-order valence-corrected chi connectivity index (χ1v) is 8.98. The van der Waals surface area contributed by atoms with Crippen LogP contribution in [0.3, 0.4) is 0 Å². The highest BCUT2D eigenvalue weighted by Gasteiger charge is 2.37. The zero-order chi connectivity index (χ0) is 19.6. The molecule has 0 aromatic heterocycles. The summed E-state index contributed by atoms with van der Waals surface area (Å²) in [6, 6.07) is 10.9. The van der Waals surface area contributed by atoms with E-state index in [1.165, 1.54) is 18.2 Å². The summed E-state index contributed by atoms with van der Waals surface area (Å²) >= 11 is 0. The lowest BCUT2D eigenvalue weighted by Gasteiger charge is -2.27. The number of amides is 2. The van der Waals surface area contributed by atoms with Crippen molar-refractivity contribution in [3.8, 4) is 5.75 Å². The molecule has 1 heterocycles. The van der Waals surface area contributed by atoms with Crippen molar-refractivity contribution in [1.82, 2.24) is 0 Å². The van der Waals surface area contributed by atoms with Gasteiger partial charge in [-0.2, -0.15) is 0 Å². The molecule has 2 aromatic rings. The van der Waals surface area contributed by atoms with E-state index < -0.39 is 17.1 Å². The predicted molar refractivity (Wildman–Crippen MR) is 103 cm³/mol. The van der Waals surface area contributed by atoms with Gasteiger partial charge in [-0.15, -0.1) is 0 Å². The lowest BCUT2D eigenvalue weighted by Crippen LogP contribution is -2.42. The second-order valence-electron chi connectivity index (χ2n) is 7.25. The lowest BCUT2D eigenvalue weighted by molar-refractivity contribution is -0.127. The van der Waals surface area contributed by atoms with Crippen molar-refractivity contribution < 1.29 is 18.7 Å². The molecule has 27 heavy (non-hydrogen) atoms. The zero-order valence-corrected chi connectivity index (χ0v) is 15.7. The maximum Gasteiger partial charge on any atom is 0.258 e. The Balaban J connectivity index is 1.93. The van der Waals surface area contributed by atoms with Crippen LogP contribution in [0, 0.1) is 11.2 Å². The Morgan fingerprint density at radius 1 is 1.26 bits per heavy atom. The molecule has 1 aliphatic heterocycles. The highest BCUT2D eigenvalue weighted by molar-refractivity contribution is 6.05. The van der Waals surface area contributed by atoms with Gasteiger partial charge in [-0.05, 0) is 50.6 Å². The standard InChI is InChI=1S/C21H23FN2O3/c1-4-11-24-17-12-14(23-19(25)15-7-5-6-8-16(15)22)9-10-18(17)27-13-21(2,3)20(24)26/h5-10,12H,4,11,13H2,1-3H3,(H,23,25). The fraction of sp³-hybridized carbons (Fsp3) is 0.333. The number of benzene rings is 2. The molecule has 0 saturated carbocycles. The maximum atomic E-state index is 13.8. The van der Waals surface area contributed by atoms with E-state index in [2.05, 4.69) is 5.32 Å². The Morgan fingerprint density at radius 3 is 2.70 bits per heavy atom. The van der Waals surface area contributed by atoms with E-state index in [1.54, 1.807) is 29.2 Å². The van der Waals surface area contributed by atoms with Crippen LogP contribution in [0.5, 0.6) is 5.75 Å². The van der Waals surface area contributed by atoms with Crippen LogP contribution >= 0.6 is 0 Å². The molecule has 6 heteroatoms. The number of hydrogen-bond acceptors (Lipinski definition) is 3. The molecule has 142 valence electrons. The monoisotopic (exact) mass is 370 g/mol. The van der Waals surface area contributed by atoms with Crippen molar-refractivity contribution in [2.24, 2.45) is 5.41 Å². The summed E-state index contributed by atoms with van der Waals surface area (Å²) in [5, 5.41) is 2.70. The van der Waals surface area contributed by atoms with E-state index in [4.69, 9.17) is 4.74 Å². The molecule has 0 radical (unpaired) electrons. The smallest absolute Gasteiger partial charge is 0.258 e. The first-order valence-electron chi connectivity index (χ1n) is 8.98. The number of anilines is 2. The Kier molecular flexibility index (Phi) is 5.17. The van der Waals surface area contributed by atoms with Crippen LogP contribution in [-0.2, 0) is 4.79 Å². The summed E-state index contributed by atoms with van der Waals surface area (Å²) in [6.45, 7) is 6.52. The van der Waals surface area contributed by atoms with E-state index in [0.29, 0.717) is 23.7 Å². The van der Waals surface area contributed by atoms with Gasteiger partial charge in [-0.3, -0.25) is 9.59 Å². The minimum Gasteiger partial charge on any atom is -0.490 e. The second-order valence-corrected chi connectivity index (χ2v) is 7.25. The molecule has 3 rings (SSSR count). The molecule has 2 amide bonds. The molecule has 1 aliphatic rings. The number of nitrogens with one attached hydrogen (secondary N) is 1. The Morgan fingerprint density at radius 2 is 2.00 bits per heavy atom. The van der Waals surface area contributed by atoms with E-state index in [1.807, 2.05) is 20.8 Å². The largest absolute Gasteiger partial charge is 0.490 e. The van der Waals surface area contributed by atoms with Crippen LogP contribution in [0.2, 0.25) is 0 Å². The van der Waals surface area contributed by atoms with E-state index in [-0.39, 0.29) is 18.1 Å². The molecule has 0 saturated heterocycles. The summed E-state index contributed by atoms with van der Waals surface area (Å²) in [7, 11) is 0. The predicted octanol–water partition coefficient (Wildman–Crippen LogP) is 4.24. The molecular weight excluding hydrogens is 347 g/mol. The summed E-state index contributed by atoms with van der Waals surface area (Å²) in [4.78, 5) is 27.0. The number of carbonyl (C=O) groups excluding carboxylic acids is 2. The van der Waals surface area contributed by atoms with Crippen molar-refractivity contribution in [2.75, 3.05) is 23.4 Å². The highest BCUT2D eigenvalue weighted by atomic mass is 19.1. The first-order chi connectivity index (χ1) is 12.8. The van der Waals surface area contributed by atoms with Gasteiger partial charge < -0.3 is 15.0 Å². The molecule has 0 bridgehead atoms. The molecule has 0 unspecified atom stereocenters. The van der Waals surface area contributed by atoms with E-state index in [9.17, 15) is 14.0 Å². The van der Waals surface area contributed by atoms with E-state index >= 15 is 0 Å². The number of rotatable bonds is 4. The number of halogens is 1. The van der Waals surface area contributed by atoms with Crippen LogP contribution in [0.4, 0.5) is 15.8 Å². The van der Waals surface area contributed by atoms with Crippen molar-refractivity contribution in [2.45, 2.75) is 27.2 Å². The van der Waals surface area contributed by atoms with Crippen molar-refractivity contribution in [1.29, 1.82) is 0 Å². The maximum absolute atomic E-state index is 13.8. The summed E-state index contributed by atoms with van der Waals surface area (Å²) in [5.74, 6) is -0.569. The number of carbonyl (C=O) groups is 2. The fourth-order valence-electron chi connectivity index (χ4n) is 3.01. The van der Waals surface area contributed by atoms with Crippen molar-refractivity contribution in [3.05, 3.63) is 53.8 Å². The lowest BCUT2D eigenvalue weighted by atomic mass is 9.93. The number of ether oxygens (including phenoxy) is 1. The zero-order valence-electron chi connectivity index (χ0n) is 15.7. The van der Waals surface area contributed by atoms with Gasteiger partial charge in [0.05, 0.1) is 16.7 Å². The Hall–Kier alpha value is -2.89. The van der Waals surface area contributed by atoms with Crippen molar-refractivity contribution in [3.63, 3.8) is 0 Å². The van der Waals surface area contributed by atoms with Crippen LogP contribution < -0.4 is 15.0 Å². The third kappa shape index (κ3) is 3.79. The third-order valence-corrected chi connectivity index (χ3v) is 4.49. The number of fused-ring (bicyclic) bond motifs is 1. The normalized spacial score (nSPS) is 15.6. The van der Waals surface area contributed by atoms with E-state index in [0.717, 1.165) is 6.42 Å². The fourth-order valence-corrected chi connectivity index (χ4v) is 3.01. The summed E-state index contributed by atoms with van der Waals surface area (Å²) in [6.07, 6.45) is 0.785. The highest BCUT2D eigenvalue weighted by Crippen LogP contribution is 2.38. The second kappa shape index (κ2) is 7.39. The van der Waals surface area contributed by atoms with Gasteiger partial charge in [0, 0.05) is 12.2 Å². The summed E-state index contributed by atoms with van der Waals surface area (Å²) < 4.78 is 19.7. The quantitative estimate of drug-likeness (QED) is 0.876. The average molecular weight is 370 g/mol. The van der Waals surface area contributed by atoms with Gasteiger partial charge in [0.2, 0.25) is 5.91 Å². The third-order valence-electron chi connectivity index (χ3n) is 4.49. The minimum absolute atomic E-state index is 0.0271. The molecule has 0 fully saturated rings. The topological polar surface area (TPSA) is 58.6 Å². The van der Waals surface area contributed by atoms with Gasteiger partial charge >= 0.3 is 0 Å². The average Bonchev–Trinajstić information content (AvgIpc) is 2.72. The Bertz CT molecular complexity index is 879. The number of hydrogen-bond donors (Lipinski definition) is 1. The number of nitrogens with zero attached hydrogens (tertiary/aromatic N) is 1. The molecule has 2 aromatic carbocycles. The van der Waals surface area contributed by atoms with Gasteiger partial charge in [-0.1, -0.05) is 19.1 Å². The van der Waals surface area contributed by atoms with Crippen LogP contribution in [0.25, 0.3) is 0 Å². The molecular formula is C21H23FN2O3. The SMILES string of the molecule is CCCN1C(=O)C(C)(C)COc2ccc(NC(=O)c3ccccc3F)cc21. The van der Waals surface area contributed by atoms with Crippen molar-refractivity contribution >= 4 is 23.2 Å². The molecule has 0 spiro atoms. The van der Waals surface area contributed by atoms with Gasteiger partial charge in [0.15, 0.2) is 0 Å². The van der Waals surface area contributed by atoms with Crippen LogP contribution in [-0.4, -0.2) is 25.0 Å².